The predicted molar refractivity (Wildman–Crippen MR) is 68.0 cm³/mol. The van der Waals surface area contributed by atoms with Gasteiger partial charge in [-0.2, -0.15) is 11.8 Å². The van der Waals surface area contributed by atoms with Crippen molar-refractivity contribution in [3.8, 4) is 0 Å². The fraction of sp³-hybridized carbons (Fsp3) is 0.909. The van der Waals surface area contributed by atoms with Gasteiger partial charge in [-0.3, -0.25) is 0 Å². The molecule has 1 amide bonds. The van der Waals surface area contributed by atoms with E-state index in [1.165, 1.54) is 25.0 Å². The van der Waals surface area contributed by atoms with Crippen molar-refractivity contribution in [2.75, 3.05) is 38.2 Å². The van der Waals surface area contributed by atoms with Gasteiger partial charge < -0.3 is 15.0 Å². The zero-order valence-electron chi connectivity index (χ0n) is 10.2. The van der Waals surface area contributed by atoms with Gasteiger partial charge in [0.15, 0.2) is 0 Å². The SMILES string of the molecule is CCSCCCNC1CCN(C(=O)OC)C1. The van der Waals surface area contributed by atoms with Gasteiger partial charge in [0.1, 0.15) is 0 Å². The second kappa shape index (κ2) is 7.79. The first-order valence-electron chi connectivity index (χ1n) is 5.92. The Labute approximate surface area is 102 Å². The summed E-state index contributed by atoms with van der Waals surface area (Å²) in [4.78, 5) is 13.0. The predicted octanol–water partition coefficient (Wildman–Crippen LogP) is 1.56. The van der Waals surface area contributed by atoms with Crippen LogP contribution in [0, 0.1) is 0 Å². The first-order valence-corrected chi connectivity index (χ1v) is 7.07. The van der Waals surface area contributed by atoms with E-state index in [1.807, 2.05) is 11.8 Å². The zero-order chi connectivity index (χ0) is 11.8. The summed E-state index contributed by atoms with van der Waals surface area (Å²) in [5, 5.41) is 3.49. The van der Waals surface area contributed by atoms with Crippen LogP contribution in [0.3, 0.4) is 0 Å². The van der Waals surface area contributed by atoms with Crippen LogP contribution in [0.2, 0.25) is 0 Å². The summed E-state index contributed by atoms with van der Waals surface area (Å²) in [7, 11) is 1.44. The number of hydrogen-bond acceptors (Lipinski definition) is 4. The molecule has 0 radical (unpaired) electrons. The fourth-order valence-electron chi connectivity index (χ4n) is 1.85. The van der Waals surface area contributed by atoms with Gasteiger partial charge in [0.05, 0.1) is 7.11 Å². The Bertz CT molecular complexity index is 214. The average Bonchev–Trinajstić information content (AvgIpc) is 2.76. The maximum atomic E-state index is 11.2. The third-order valence-electron chi connectivity index (χ3n) is 2.72. The van der Waals surface area contributed by atoms with E-state index >= 15 is 0 Å². The van der Waals surface area contributed by atoms with Crippen LogP contribution in [-0.4, -0.2) is 55.3 Å². The lowest BCUT2D eigenvalue weighted by molar-refractivity contribution is 0.132. The van der Waals surface area contributed by atoms with Gasteiger partial charge in [0.25, 0.3) is 0 Å². The highest BCUT2D eigenvalue weighted by Gasteiger charge is 2.25. The summed E-state index contributed by atoms with van der Waals surface area (Å²) in [6.07, 6.45) is 2.04. The maximum Gasteiger partial charge on any atom is 0.409 e. The third kappa shape index (κ3) is 4.61. The molecule has 5 heteroatoms. The maximum absolute atomic E-state index is 11.2. The highest BCUT2D eigenvalue weighted by molar-refractivity contribution is 7.99. The van der Waals surface area contributed by atoms with Crippen LogP contribution < -0.4 is 5.32 Å². The largest absolute Gasteiger partial charge is 0.453 e. The molecule has 0 aromatic rings. The second-order valence-corrected chi connectivity index (χ2v) is 5.30. The van der Waals surface area contributed by atoms with Crippen LogP contribution in [0.5, 0.6) is 0 Å². The van der Waals surface area contributed by atoms with Crippen LogP contribution in [0.25, 0.3) is 0 Å². The number of nitrogens with one attached hydrogen (secondary N) is 1. The van der Waals surface area contributed by atoms with E-state index in [0.717, 1.165) is 26.1 Å². The molecule has 1 saturated heterocycles. The highest BCUT2D eigenvalue weighted by Crippen LogP contribution is 2.10. The second-order valence-electron chi connectivity index (χ2n) is 3.91. The van der Waals surface area contributed by atoms with Gasteiger partial charge in [0, 0.05) is 19.1 Å². The van der Waals surface area contributed by atoms with Gasteiger partial charge in [-0.15, -0.1) is 0 Å². The monoisotopic (exact) mass is 246 g/mol. The number of carbonyl (C=O) groups is 1. The van der Waals surface area contributed by atoms with Gasteiger partial charge in [0.2, 0.25) is 0 Å². The molecule has 1 atom stereocenters. The Balaban J connectivity index is 2.05. The Morgan fingerprint density at radius 2 is 2.44 bits per heavy atom. The number of amides is 1. The van der Waals surface area contributed by atoms with Crippen molar-refractivity contribution < 1.29 is 9.53 Å². The molecule has 1 rings (SSSR count). The Morgan fingerprint density at radius 3 is 3.12 bits per heavy atom. The zero-order valence-corrected chi connectivity index (χ0v) is 11.0. The molecule has 0 aliphatic carbocycles. The Morgan fingerprint density at radius 1 is 1.62 bits per heavy atom. The normalized spacial score (nSPS) is 20.1. The molecule has 1 N–H and O–H groups in total. The summed E-state index contributed by atoms with van der Waals surface area (Å²) in [5.41, 5.74) is 0. The number of nitrogens with zero attached hydrogens (tertiary/aromatic N) is 1. The lowest BCUT2D eigenvalue weighted by atomic mass is 10.2. The number of methoxy groups -OCH3 is 1. The van der Waals surface area contributed by atoms with Gasteiger partial charge in [-0.1, -0.05) is 6.92 Å². The topological polar surface area (TPSA) is 41.6 Å². The highest BCUT2D eigenvalue weighted by atomic mass is 32.2. The van der Waals surface area contributed by atoms with Crippen molar-refractivity contribution in [3.05, 3.63) is 0 Å². The van der Waals surface area contributed by atoms with Crippen LogP contribution >= 0.6 is 11.8 Å². The molecule has 0 aromatic heterocycles. The van der Waals surface area contributed by atoms with Crippen molar-refractivity contribution in [1.82, 2.24) is 10.2 Å². The first-order chi connectivity index (χ1) is 7.77. The molecule has 0 spiro atoms. The smallest absolute Gasteiger partial charge is 0.409 e. The van der Waals surface area contributed by atoms with E-state index in [9.17, 15) is 4.79 Å². The molecule has 16 heavy (non-hydrogen) atoms. The van der Waals surface area contributed by atoms with Crippen molar-refractivity contribution in [3.63, 3.8) is 0 Å². The van der Waals surface area contributed by atoms with E-state index in [-0.39, 0.29) is 6.09 Å². The number of hydrogen-bond donors (Lipinski definition) is 1. The van der Waals surface area contributed by atoms with Crippen molar-refractivity contribution in [2.24, 2.45) is 0 Å². The summed E-state index contributed by atoms with van der Waals surface area (Å²) >= 11 is 1.98. The first kappa shape index (κ1) is 13.6. The number of thioether (sulfide) groups is 1. The minimum absolute atomic E-state index is 0.203. The summed E-state index contributed by atoms with van der Waals surface area (Å²) in [6.45, 7) is 4.83. The van der Waals surface area contributed by atoms with Crippen LogP contribution in [0.15, 0.2) is 0 Å². The average molecular weight is 246 g/mol. The van der Waals surface area contributed by atoms with Gasteiger partial charge in [-0.05, 0) is 30.9 Å². The molecule has 0 aromatic carbocycles. The van der Waals surface area contributed by atoms with Crippen molar-refractivity contribution >= 4 is 17.9 Å². The number of rotatable bonds is 6. The van der Waals surface area contributed by atoms with E-state index in [4.69, 9.17) is 4.74 Å². The van der Waals surface area contributed by atoms with E-state index < -0.39 is 0 Å². The van der Waals surface area contributed by atoms with E-state index in [2.05, 4.69) is 12.2 Å². The molecule has 0 saturated carbocycles. The summed E-state index contributed by atoms with van der Waals surface area (Å²) in [6, 6.07) is 0.450. The summed E-state index contributed by atoms with van der Waals surface area (Å²) < 4.78 is 4.70. The van der Waals surface area contributed by atoms with Crippen LogP contribution in [0.4, 0.5) is 4.79 Å². The molecular formula is C11H22N2O2S. The van der Waals surface area contributed by atoms with Crippen molar-refractivity contribution in [2.45, 2.75) is 25.8 Å². The molecule has 0 bridgehead atoms. The lowest BCUT2D eigenvalue weighted by Gasteiger charge is -2.15. The molecular weight excluding hydrogens is 224 g/mol. The molecule has 1 heterocycles. The van der Waals surface area contributed by atoms with Crippen molar-refractivity contribution in [1.29, 1.82) is 0 Å². The molecule has 94 valence electrons. The Hall–Kier alpha value is -0.420. The minimum atomic E-state index is -0.203. The molecule has 1 unspecified atom stereocenters. The van der Waals surface area contributed by atoms with Crippen LogP contribution in [0.1, 0.15) is 19.8 Å². The van der Waals surface area contributed by atoms with Gasteiger partial charge in [-0.25, -0.2) is 4.79 Å². The standard InChI is InChI=1S/C11H22N2O2S/c1-3-16-8-4-6-12-10-5-7-13(9-10)11(14)15-2/h10,12H,3-9H2,1-2H3. The van der Waals surface area contributed by atoms with Crippen LogP contribution in [-0.2, 0) is 4.74 Å². The van der Waals surface area contributed by atoms with E-state index in [0.29, 0.717) is 6.04 Å². The Kier molecular flexibility index (Phi) is 6.64. The number of likely N-dealkylation sites (tertiary alicyclic amines) is 1. The minimum Gasteiger partial charge on any atom is -0.453 e. The fourth-order valence-corrected chi connectivity index (χ4v) is 2.48. The van der Waals surface area contributed by atoms with Gasteiger partial charge >= 0.3 is 6.09 Å². The number of carbonyl (C=O) groups excluding carboxylic acids is 1. The third-order valence-corrected chi connectivity index (χ3v) is 3.71. The molecule has 1 aliphatic rings. The summed E-state index contributed by atoms with van der Waals surface area (Å²) in [5.74, 6) is 2.41. The molecule has 4 nitrogen and oxygen atoms in total. The number of ether oxygens (including phenoxy) is 1. The quantitative estimate of drug-likeness (QED) is 0.722. The molecule has 1 aliphatic heterocycles. The lowest BCUT2D eigenvalue weighted by Crippen LogP contribution is -2.35. The van der Waals surface area contributed by atoms with E-state index in [1.54, 1.807) is 4.90 Å². The molecule has 1 fully saturated rings.